The number of pyridine rings is 1. The van der Waals surface area contributed by atoms with E-state index < -0.39 is 23.7 Å². The SMILES string of the molecule is COC(=O)[C@@H]1CC[C@H](c2cnccc2OC)N1C(=O)OC(C)(C)C. The van der Waals surface area contributed by atoms with Crippen molar-refractivity contribution < 1.29 is 23.8 Å². The van der Waals surface area contributed by atoms with Gasteiger partial charge < -0.3 is 14.2 Å². The van der Waals surface area contributed by atoms with Crippen LogP contribution in [0.1, 0.15) is 45.2 Å². The maximum absolute atomic E-state index is 12.7. The van der Waals surface area contributed by atoms with E-state index in [0.29, 0.717) is 18.6 Å². The van der Waals surface area contributed by atoms with Gasteiger partial charge in [0, 0.05) is 18.0 Å². The highest BCUT2D eigenvalue weighted by Crippen LogP contribution is 2.40. The first-order valence-electron chi connectivity index (χ1n) is 7.85. The lowest BCUT2D eigenvalue weighted by Gasteiger charge is -2.32. The molecule has 1 amide bonds. The van der Waals surface area contributed by atoms with Gasteiger partial charge in [0.05, 0.1) is 20.3 Å². The summed E-state index contributed by atoms with van der Waals surface area (Å²) in [6.45, 7) is 5.36. The second kappa shape index (κ2) is 7.07. The molecule has 1 aliphatic heterocycles. The zero-order chi connectivity index (χ0) is 17.9. The zero-order valence-corrected chi connectivity index (χ0v) is 14.7. The van der Waals surface area contributed by atoms with Gasteiger partial charge in [-0.25, -0.2) is 9.59 Å². The number of likely N-dealkylation sites (tertiary alicyclic amines) is 1. The molecule has 1 saturated heterocycles. The number of carbonyl (C=O) groups excluding carboxylic acids is 2. The Bertz CT molecular complexity index is 611. The molecular formula is C17H24N2O5. The molecule has 0 bridgehead atoms. The van der Waals surface area contributed by atoms with Crippen molar-refractivity contribution in [2.45, 2.75) is 51.3 Å². The number of nitrogens with zero attached hydrogens (tertiary/aromatic N) is 2. The number of hydrogen-bond acceptors (Lipinski definition) is 6. The molecule has 2 heterocycles. The topological polar surface area (TPSA) is 78.0 Å². The minimum Gasteiger partial charge on any atom is -0.496 e. The predicted molar refractivity (Wildman–Crippen MR) is 86.6 cm³/mol. The van der Waals surface area contributed by atoms with Crippen LogP contribution in [0.2, 0.25) is 0 Å². The lowest BCUT2D eigenvalue weighted by atomic mass is 10.1. The monoisotopic (exact) mass is 336 g/mol. The quantitative estimate of drug-likeness (QED) is 0.790. The van der Waals surface area contributed by atoms with E-state index in [1.165, 1.54) is 12.0 Å². The largest absolute Gasteiger partial charge is 0.496 e. The van der Waals surface area contributed by atoms with Gasteiger partial charge in [0.25, 0.3) is 0 Å². The van der Waals surface area contributed by atoms with Crippen LogP contribution < -0.4 is 4.74 Å². The highest BCUT2D eigenvalue weighted by atomic mass is 16.6. The Morgan fingerprint density at radius 1 is 1.25 bits per heavy atom. The third kappa shape index (κ3) is 3.77. The smallest absolute Gasteiger partial charge is 0.411 e. The minimum absolute atomic E-state index is 0.354. The van der Waals surface area contributed by atoms with Crippen LogP contribution in [0.4, 0.5) is 4.79 Å². The van der Waals surface area contributed by atoms with E-state index in [4.69, 9.17) is 14.2 Å². The van der Waals surface area contributed by atoms with Crippen LogP contribution in [-0.2, 0) is 14.3 Å². The molecule has 0 aliphatic carbocycles. The molecule has 0 saturated carbocycles. The van der Waals surface area contributed by atoms with Gasteiger partial charge in [-0.15, -0.1) is 0 Å². The van der Waals surface area contributed by atoms with E-state index in [1.54, 1.807) is 46.3 Å². The second-order valence-corrected chi connectivity index (χ2v) is 6.64. The molecule has 0 spiro atoms. The molecule has 1 aromatic rings. The molecule has 1 fully saturated rings. The highest BCUT2D eigenvalue weighted by molar-refractivity contribution is 5.82. The van der Waals surface area contributed by atoms with Gasteiger partial charge in [-0.05, 0) is 39.7 Å². The number of rotatable bonds is 3. The molecule has 7 nitrogen and oxygen atoms in total. The molecule has 132 valence electrons. The van der Waals surface area contributed by atoms with Gasteiger partial charge in [0.2, 0.25) is 0 Å². The maximum atomic E-state index is 12.7. The summed E-state index contributed by atoms with van der Waals surface area (Å²) >= 11 is 0. The molecule has 2 rings (SSSR count). The van der Waals surface area contributed by atoms with Gasteiger partial charge in [0.1, 0.15) is 17.4 Å². The number of hydrogen-bond donors (Lipinski definition) is 0. The molecule has 1 aromatic heterocycles. The van der Waals surface area contributed by atoms with Crippen LogP contribution >= 0.6 is 0 Å². The number of aromatic nitrogens is 1. The summed E-state index contributed by atoms with van der Waals surface area (Å²) in [5.41, 5.74) is 0.0847. The molecule has 0 unspecified atom stereocenters. The average Bonchev–Trinajstić information content (AvgIpc) is 2.97. The lowest BCUT2D eigenvalue weighted by Crippen LogP contribution is -2.45. The van der Waals surface area contributed by atoms with Gasteiger partial charge in [-0.2, -0.15) is 0 Å². The highest BCUT2D eigenvalue weighted by Gasteiger charge is 2.45. The van der Waals surface area contributed by atoms with E-state index in [2.05, 4.69) is 4.98 Å². The van der Waals surface area contributed by atoms with E-state index in [0.717, 1.165) is 5.56 Å². The van der Waals surface area contributed by atoms with Gasteiger partial charge >= 0.3 is 12.1 Å². The summed E-state index contributed by atoms with van der Waals surface area (Å²) in [4.78, 5) is 30.4. The summed E-state index contributed by atoms with van der Waals surface area (Å²) in [5, 5.41) is 0. The third-order valence-corrected chi connectivity index (χ3v) is 3.85. The number of carbonyl (C=O) groups is 2. The Kier molecular flexibility index (Phi) is 5.31. The zero-order valence-electron chi connectivity index (χ0n) is 14.7. The standard InChI is InChI=1S/C17H24N2O5/c1-17(2,3)24-16(21)19-12(6-7-13(19)15(20)23-5)11-10-18-9-8-14(11)22-4/h8-10,12-13H,6-7H2,1-5H3/t12-,13+/m1/s1. The van der Waals surface area contributed by atoms with Crippen molar-refractivity contribution >= 4 is 12.1 Å². The molecule has 24 heavy (non-hydrogen) atoms. The van der Waals surface area contributed by atoms with Crippen LogP contribution in [-0.4, -0.2) is 47.8 Å². The summed E-state index contributed by atoms with van der Waals surface area (Å²) in [7, 11) is 2.87. The fourth-order valence-electron chi connectivity index (χ4n) is 2.88. The van der Waals surface area contributed by atoms with Gasteiger partial charge in [0.15, 0.2) is 0 Å². The Morgan fingerprint density at radius 3 is 2.54 bits per heavy atom. The van der Waals surface area contributed by atoms with Crippen LogP contribution in [0.5, 0.6) is 5.75 Å². The number of amides is 1. The van der Waals surface area contributed by atoms with Crippen LogP contribution in [0.15, 0.2) is 18.5 Å². The lowest BCUT2D eigenvalue weighted by molar-refractivity contribution is -0.146. The summed E-state index contributed by atoms with van der Waals surface area (Å²) in [6, 6.07) is 0.695. The second-order valence-electron chi connectivity index (χ2n) is 6.64. The first-order chi connectivity index (χ1) is 11.3. The van der Waals surface area contributed by atoms with Crippen LogP contribution in [0.3, 0.4) is 0 Å². The number of esters is 1. The summed E-state index contributed by atoms with van der Waals surface area (Å²) in [6.07, 6.45) is 3.81. The number of methoxy groups -OCH3 is 2. The summed E-state index contributed by atoms with van der Waals surface area (Å²) in [5.74, 6) is 0.167. The minimum atomic E-state index is -0.681. The van der Waals surface area contributed by atoms with Crippen LogP contribution in [0, 0.1) is 0 Å². The normalized spacial score (nSPS) is 20.6. The Morgan fingerprint density at radius 2 is 1.96 bits per heavy atom. The van der Waals surface area contributed by atoms with Crippen molar-refractivity contribution in [1.82, 2.24) is 9.88 Å². The molecule has 7 heteroatoms. The van der Waals surface area contributed by atoms with Gasteiger partial charge in [-0.1, -0.05) is 0 Å². The fraction of sp³-hybridized carbons (Fsp3) is 0.588. The van der Waals surface area contributed by atoms with Crippen LogP contribution in [0.25, 0.3) is 0 Å². The molecular weight excluding hydrogens is 312 g/mol. The van der Waals surface area contributed by atoms with Crippen molar-refractivity contribution in [2.24, 2.45) is 0 Å². The molecule has 2 atom stereocenters. The van der Waals surface area contributed by atoms with Crippen molar-refractivity contribution in [3.63, 3.8) is 0 Å². The molecule has 0 aromatic carbocycles. The van der Waals surface area contributed by atoms with Crippen molar-refractivity contribution in [2.75, 3.05) is 14.2 Å². The van der Waals surface area contributed by atoms with E-state index in [-0.39, 0.29) is 6.04 Å². The number of ether oxygens (including phenoxy) is 3. The fourth-order valence-corrected chi connectivity index (χ4v) is 2.88. The van der Waals surface area contributed by atoms with Gasteiger partial charge in [-0.3, -0.25) is 9.88 Å². The Hall–Kier alpha value is -2.31. The Balaban J connectivity index is 2.39. The van der Waals surface area contributed by atoms with E-state index in [9.17, 15) is 9.59 Å². The molecule has 0 N–H and O–H groups in total. The third-order valence-electron chi connectivity index (χ3n) is 3.85. The maximum Gasteiger partial charge on any atom is 0.411 e. The van der Waals surface area contributed by atoms with Crippen molar-refractivity contribution in [3.05, 3.63) is 24.0 Å². The summed E-state index contributed by atoms with van der Waals surface area (Å²) < 4.78 is 15.7. The van der Waals surface area contributed by atoms with Crippen molar-refractivity contribution in [3.8, 4) is 5.75 Å². The first kappa shape index (κ1) is 18.0. The van der Waals surface area contributed by atoms with Crippen molar-refractivity contribution in [1.29, 1.82) is 0 Å². The Labute approximate surface area is 141 Å². The molecule has 0 radical (unpaired) electrons. The molecule has 1 aliphatic rings. The van der Waals surface area contributed by atoms with E-state index in [1.807, 2.05) is 0 Å². The average molecular weight is 336 g/mol. The predicted octanol–water partition coefficient (Wildman–Crippen LogP) is 2.70. The first-order valence-corrected chi connectivity index (χ1v) is 7.85. The van der Waals surface area contributed by atoms with E-state index >= 15 is 0 Å².